The number of amides is 1. The van der Waals surface area contributed by atoms with Gasteiger partial charge in [-0.05, 0) is 40.5 Å². The van der Waals surface area contributed by atoms with Crippen LogP contribution in [0.3, 0.4) is 0 Å². The molecule has 8 heteroatoms. The van der Waals surface area contributed by atoms with E-state index < -0.39 is 22.2 Å². The van der Waals surface area contributed by atoms with Crippen molar-refractivity contribution in [2.45, 2.75) is 51.7 Å². The summed E-state index contributed by atoms with van der Waals surface area (Å²) in [5, 5.41) is 10.2. The molecule has 0 radical (unpaired) electrons. The quantitative estimate of drug-likeness (QED) is 0.771. The molecule has 0 saturated carbocycles. The summed E-state index contributed by atoms with van der Waals surface area (Å²) in [6, 6.07) is 0. The second kappa shape index (κ2) is 6.00. The van der Waals surface area contributed by atoms with Crippen molar-refractivity contribution in [3.8, 4) is 0 Å². The summed E-state index contributed by atoms with van der Waals surface area (Å²) in [6.45, 7) is 8.71. The van der Waals surface area contributed by atoms with E-state index in [-0.39, 0.29) is 5.41 Å². The van der Waals surface area contributed by atoms with Crippen molar-refractivity contribution >= 4 is 34.5 Å². The molecule has 6 nitrogen and oxygen atoms in total. The molecular formula is C16H23N3O3S2. The average Bonchev–Trinajstić information content (AvgIpc) is 2.94. The Balaban J connectivity index is 1.96. The van der Waals surface area contributed by atoms with E-state index in [9.17, 15) is 14.5 Å². The van der Waals surface area contributed by atoms with Crippen LogP contribution in [0, 0.1) is 12.3 Å². The molecule has 1 aromatic heterocycles. The molecule has 0 bridgehead atoms. The van der Waals surface area contributed by atoms with Gasteiger partial charge in [-0.25, -0.2) is 9.78 Å². The minimum absolute atomic E-state index is 0.214. The highest BCUT2D eigenvalue weighted by Gasteiger charge is 2.49. The second-order valence-corrected chi connectivity index (χ2v) is 10.6. The number of hydrogen-bond donors (Lipinski definition) is 1. The zero-order valence-electron chi connectivity index (χ0n) is 14.5. The second-order valence-electron chi connectivity index (χ2n) is 7.54. The Labute approximate surface area is 149 Å². The number of aryl methyl sites for hydroxylation is 1. The molecule has 1 saturated heterocycles. The average molecular weight is 370 g/mol. The van der Waals surface area contributed by atoms with Gasteiger partial charge in [-0.15, -0.1) is 11.3 Å². The molecule has 1 atom stereocenters. The van der Waals surface area contributed by atoms with Crippen molar-refractivity contribution in [2.24, 2.45) is 9.81 Å². The first-order chi connectivity index (χ1) is 11.1. The van der Waals surface area contributed by atoms with E-state index in [1.807, 2.05) is 27.7 Å². The maximum absolute atomic E-state index is 12.6. The van der Waals surface area contributed by atoms with Gasteiger partial charge < -0.3 is 14.6 Å². The van der Waals surface area contributed by atoms with Crippen LogP contribution in [-0.2, 0) is 17.8 Å². The van der Waals surface area contributed by atoms with Gasteiger partial charge in [-0.2, -0.15) is 0 Å². The maximum atomic E-state index is 12.6. The first-order valence-electron chi connectivity index (χ1n) is 8.08. The molecule has 1 spiro atoms. The number of thiazole rings is 1. The molecule has 132 valence electrons. The van der Waals surface area contributed by atoms with E-state index in [4.69, 9.17) is 0 Å². The van der Waals surface area contributed by atoms with E-state index >= 15 is 0 Å². The minimum Gasteiger partial charge on any atom is -0.591 e. The number of fused-ring (bicyclic) bond motifs is 1. The lowest BCUT2D eigenvalue weighted by atomic mass is 9.75. The molecule has 2 aliphatic rings. The molecule has 24 heavy (non-hydrogen) atoms. The van der Waals surface area contributed by atoms with Crippen LogP contribution in [0.2, 0.25) is 0 Å². The smallest absolute Gasteiger partial charge is 0.407 e. The highest BCUT2D eigenvalue weighted by molar-refractivity contribution is 7.91. The summed E-state index contributed by atoms with van der Waals surface area (Å²) < 4.78 is 16.9. The number of aromatic nitrogens is 1. The summed E-state index contributed by atoms with van der Waals surface area (Å²) >= 11 is 0.273. The first-order valence-corrected chi connectivity index (χ1v) is 10.0. The largest absolute Gasteiger partial charge is 0.591 e. The summed E-state index contributed by atoms with van der Waals surface area (Å²) in [4.78, 5) is 18.3. The van der Waals surface area contributed by atoms with Gasteiger partial charge >= 0.3 is 6.09 Å². The fraction of sp³-hybridized carbons (Fsp3) is 0.688. The van der Waals surface area contributed by atoms with E-state index in [1.165, 1.54) is 4.90 Å². The summed E-state index contributed by atoms with van der Waals surface area (Å²) in [5.74, 6) is 0. The van der Waals surface area contributed by atoms with Crippen LogP contribution in [-0.4, -0.2) is 49.2 Å². The number of piperidine rings is 1. The number of nitrogens with zero attached hydrogens (tertiary/aromatic N) is 3. The minimum atomic E-state index is -1.33. The van der Waals surface area contributed by atoms with E-state index in [1.54, 1.807) is 11.3 Å². The van der Waals surface area contributed by atoms with Crippen LogP contribution in [0.4, 0.5) is 4.79 Å². The molecule has 1 aliphatic carbocycles. The van der Waals surface area contributed by atoms with Crippen LogP contribution in [0.15, 0.2) is 4.40 Å². The van der Waals surface area contributed by atoms with Gasteiger partial charge in [0.15, 0.2) is 0 Å². The van der Waals surface area contributed by atoms with E-state index in [0.717, 1.165) is 27.7 Å². The number of hydrogen-bond acceptors (Lipinski definition) is 5. The molecule has 1 aromatic rings. The zero-order valence-corrected chi connectivity index (χ0v) is 16.1. The summed E-state index contributed by atoms with van der Waals surface area (Å²) in [7, 11) is 0. The predicted octanol–water partition coefficient (Wildman–Crippen LogP) is 3.02. The van der Waals surface area contributed by atoms with Gasteiger partial charge in [-0.1, -0.05) is 4.40 Å². The van der Waals surface area contributed by atoms with Crippen molar-refractivity contribution in [1.29, 1.82) is 0 Å². The third kappa shape index (κ3) is 3.07. The molecule has 1 unspecified atom stereocenters. The Kier molecular flexibility index (Phi) is 4.42. The lowest BCUT2D eigenvalue weighted by molar-refractivity contribution is 0.114. The van der Waals surface area contributed by atoms with Crippen LogP contribution in [0.25, 0.3) is 0 Å². The standard InChI is InChI=1S/C16H23N3O3S2/c1-10-17-11-9-16(5-7-19(8-6-16)14(20)21)13(12(11)23-10)18-24(22)15(2,3)4/h5-9H2,1-4H3,(H,20,21)/b18-13+. The molecule has 3 rings (SSSR count). The molecule has 1 aliphatic heterocycles. The lowest BCUT2D eigenvalue weighted by Crippen LogP contribution is -2.45. The number of likely N-dealkylation sites (tertiary alicyclic amines) is 1. The van der Waals surface area contributed by atoms with E-state index in [2.05, 4.69) is 9.38 Å². The Morgan fingerprint density at radius 1 is 1.42 bits per heavy atom. The van der Waals surface area contributed by atoms with Gasteiger partial charge in [0.05, 0.1) is 15.6 Å². The van der Waals surface area contributed by atoms with Crippen LogP contribution in [0.5, 0.6) is 0 Å². The summed E-state index contributed by atoms with van der Waals surface area (Å²) in [5.41, 5.74) is 1.71. The molecule has 0 aromatic carbocycles. The van der Waals surface area contributed by atoms with Gasteiger partial charge in [0, 0.05) is 24.9 Å². The Morgan fingerprint density at radius 3 is 2.58 bits per heavy atom. The molecule has 1 fully saturated rings. The monoisotopic (exact) mass is 369 g/mol. The molecular weight excluding hydrogens is 346 g/mol. The fourth-order valence-corrected chi connectivity index (χ4v) is 5.15. The molecule has 1 amide bonds. The lowest BCUT2D eigenvalue weighted by Gasteiger charge is -2.38. The fourth-order valence-electron chi connectivity index (χ4n) is 3.32. The van der Waals surface area contributed by atoms with Gasteiger partial charge in [-0.3, -0.25) is 0 Å². The number of rotatable bonds is 1. The third-order valence-electron chi connectivity index (χ3n) is 4.72. The van der Waals surface area contributed by atoms with Crippen molar-refractivity contribution in [1.82, 2.24) is 9.88 Å². The number of carbonyl (C=O) groups is 1. The van der Waals surface area contributed by atoms with Gasteiger partial charge in [0.25, 0.3) is 0 Å². The zero-order chi connectivity index (χ0) is 17.7. The molecule has 2 heterocycles. The topological polar surface area (TPSA) is 88.9 Å². The third-order valence-corrected chi connectivity index (χ3v) is 7.13. The SMILES string of the molecule is Cc1nc2c(s1)/C(=N\[S+]([O-])C(C)(C)C)C1(CCN(C(=O)O)CC1)C2. The van der Waals surface area contributed by atoms with Crippen molar-refractivity contribution < 1.29 is 14.5 Å². The van der Waals surface area contributed by atoms with Crippen LogP contribution < -0.4 is 0 Å². The maximum Gasteiger partial charge on any atom is 0.407 e. The highest BCUT2D eigenvalue weighted by atomic mass is 32.2. The highest BCUT2D eigenvalue weighted by Crippen LogP contribution is 2.47. The van der Waals surface area contributed by atoms with Crippen LogP contribution >= 0.6 is 11.3 Å². The van der Waals surface area contributed by atoms with Crippen molar-refractivity contribution in [3.05, 3.63) is 15.6 Å². The summed E-state index contributed by atoms with van der Waals surface area (Å²) in [6.07, 6.45) is 1.33. The van der Waals surface area contributed by atoms with Crippen molar-refractivity contribution in [3.63, 3.8) is 0 Å². The van der Waals surface area contributed by atoms with Gasteiger partial charge in [0.1, 0.15) is 21.8 Å². The van der Waals surface area contributed by atoms with E-state index in [0.29, 0.717) is 25.9 Å². The Bertz CT molecular complexity index is 685. The van der Waals surface area contributed by atoms with Crippen molar-refractivity contribution in [2.75, 3.05) is 13.1 Å². The Hall–Kier alpha value is -1.12. The van der Waals surface area contributed by atoms with Gasteiger partial charge in [0.2, 0.25) is 0 Å². The van der Waals surface area contributed by atoms with Crippen LogP contribution in [0.1, 0.15) is 49.2 Å². The molecule has 1 N–H and O–H groups in total. The number of carboxylic acid groups (broad SMARTS) is 1. The normalized spacial score (nSPS) is 22.9. The first kappa shape index (κ1) is 17.7. The predicted molar refractivity (Wildman–Crippen MR) is 96.3 cm³/mol. The Morgan fingerprint density at radius 2 is 2.04 bits per heavy atom.